The average molecular weight is 471 g/mol. The summed E-state index contributed by atoms with van der Waals surface area (Å²) >= 11 is 1.78. The van der Waals surface area contributed by atoms with Gasteiger partial charge in [0.1, 0.15) is 6.07 Å². The molecule has 2 aromatic rings. The van der Waals surface area contributed by atoms with E-state index in [1.807, 2.05) is 6.07 Å². The van der Waals surface area contributed by atoms with Gasteiger partial charge in [-0.3, -0.25) is 0 Å². The van der Waals surface area contributed by atoms with Gasteiger partial charge in [-0.15, -0.1) is 11.3 Å². The molecular weight excluding hydrogens is 432 g/mol. The molecule has 2 nitrogen and oxygen atoms in total. The molecule has 3 heteroatoms. The fourth-order valence-corrected chi connectivity index (χ4v) is 8.20. The molecule has 1 atom stereocenters. The summed E-state index contributed by atoms with van der Waals surface area (Å²) in [7, 11) is 0. The van der Waals surface area contributed by atoms with Gasteiger partial charge in [0.15, 0.2) is 0 Å². The van der Waals surface area contributed by atoms with Gasteiger partial charge in [0.25, 0.3) is 0 Å². The van der Waals surface area contributed by atoms with Gasteiger partial charge in [-0.05, 0) is 103 Å². The molecule has 6 rings (SSSR count). The summed E-state index contributed by atoms with van der Waals surface area (Å²) in [5.74, 6) is 2.66. The summed E-state index contributed by atoms with van der Waals surface area (Å²) in [6.07, 6.45) is 17.7. The van der Waals surface area contributed by atoms with Gasteiger partial charge in [-0.25, -0.2) is 0 Å². The van der Waals surface area contributed by atoms with Crippen LogP contribution in [0.3, 0.4) is 0 Å². The zero-order valence-electron chi connectivity index (χ0n) is 20.7. The van der Waals surface area contributed by atoms with Gasteiger partial charge in [0.2, 0.25) is 0 Å². The molecule has 1 unspecified atom stereocenters. The van der Waals surface area contributed by atoms with Crippen molar-refractivity contribution in [3.63, 3.8) is 0 Å². The van der Waals surface area contributed by atoms with E-state index in [4.69, 9.17) is 0 Å². The number of nitrogens with one attached hydrogen (secondary N) is 1. The summed E-state index contributed by atoms with van der Waals surface area (Å²) in [5.41, 5.74) is 8.77. The number of rotatable bonds is 5. The monoisotopic (exact) mass is 470 g/mol. The topological polar surface area (TPSA) is 35.8 Å². The first-order chi connectivity index (χ1) is 16.7. The molecule has 1 N–H and O–H groups in total. The Kier molecular flexibility index (Phi) is 6.29. The SMILES string of the molecule is CC1=C(C2CCCCC2)NC(C2CCCCC2)=C(CC2CC2)C1c1csc2c(C#N)cccc12. The lowest BCUT2D eigenvalue weighted by Crippen LogP contribution is -2.34. The fraction of sp³-hybridized carbons (Fsp3) is 0.581. The molecular formula is C31H38N2S. The normalized spacial score (nSPS) is 25.0. The first kappa shape index (κ1) is 22.4. The third kappa shape index (κ3) is 4.13. The summed E-state index contributed by atoms with van der Waals surface area (Å²) in [5, 5.41) is 17.6. The predicted molar refractivity (Wildman–Crippen MR) is 143 cm³/mol. The Morgan fingerprint density at radius 3 is 2.24 bits per heavy atom. The average Bonchev–Trinajstić information content (AvgIpc) is 3.61. The van der Waals surface area contributed by atoms with Gasteiger partial charge in [0.05, 0.1) is 10.3 Å². The lowest BCUT2D eigenvalue weighted by molar-refractivity contribution is 0.354. The highest BCUT2D eigenvalue weighted by molar-refractivity contribution is 7.17. The Morgan fingerprint density at radius 1 is 0.912 bits per heavy atom. The number of thiophene rings is 1. The molecule has 1 aromatic heterocycles. The number of allylic oxidation sites excluding steroid dienone is 4. The van der Waals surface area contributed by atoms with E-state index < -0.39 is 0 Å². The van der Waals surface area contributed by atoms with Crippen molar-refractivity contribution in [2.75, 3.05) is 0 Å². The van der Waals surface area contributed by atoms with E-state index in [0.717, 1.165) is 11.5 Å². The summed E-state index contributed by atoms with van der Waals surface area (Å²) in [6, 6.07) is 8.79. The first-order valence-electron chi connectivity index (χ1n) is 13.9. The molecule has 4 aliphatic rings. The molecule has 0 radical (unpaired) electrons. The molecule has 178 valence electrons. The van der Waals surface area contributed by atoms with E-state index in [0.29, 0.717) is 17.8 Å². The Balaban J connectivity index is 1.52. The van der Waals surface area contributed by atoms with Crippen molar-refractivity contribution in [3.05, 3.63) is 57.2 Å². The van der Waals surface area contributed by atoms with Crippen LogP contribution in [-0.2, 0) is 0 Å². The number of dihydropyridines is 1. The molecule has 3 aliphatic carbocycles. The fourth-order valence-electron chi connectivity index (χ4n) is 7.14. The van der Waals surface area contributed by atoms with Crippen LogP contribution in [0.25, 0.3) is 10.1 Å². The van der Waals surface area contributed by atoms with Crippen molar-refractivity contribution in [1.29, 1.82) is 5.26 Å². The van der Waals surface area contributed by atoms with E-state index in [1.54, 1.807) is 33.9 Å². The molecule has 34 heavy (non-hydrogen) atoms. The number of nitriles is 1. The maximum Gasteiger partial charge on any atom is 0.101 e. The third-order valence-corrected chi connectivity index (χ3v) is 10.2. The van der Waals surface area contributed by atoms with Crippen molar-refractivity contribution >= 4 is 21.4 Å². The lowest BCUT2D eigenvalue weighted by Gasteiger charge is -2.40. The minimum Gasteiger partial charge on any atom is -0.362 e. The smallest absolute Gasteiger partial charge is 0.101 e. The van der Waals surface area contributed by atoms with E-state index in [9.17, 15) is 5.26 Å². The van der Waals surface area contributed by atoms with Crippen LogP contribution < -0.4 is 5.32 Å². The Bertz CT molecular complexity index is 1160. The zero-order valence-corrected chi connectivity index (χ0v) is 21.5. The van der Waals surface area contributed by atoms with Crippen LogP contribution in [0.1, 0.15) is 107 Å². The van der Waals surface area contributed by atoms with Crippen LogP contribution >= 0.6 is 11.3 Å². The summed E-state index contributed by atoms with van der Waals surface area (Å²) < 4.78 is 1.18. The van der Waals surface area contributed by atoms with Crippen molar-refractivity contribution in [2.24, 2.45) is 17.8 Å². The van der Waals surface area contributed by atoms with Gasteiger partial charge in [0, 0.05) is 17.3 Å². The van der Waals surface area contributed by atoms with E-state index >= 15 is 0 Å². The second-order valence-electron chi connectivity index (χ2n) is 11.4. The van der Waals surface area contributed by atoms with Crippen molar-refractivity contribution in [2.45, 2.75) is 96.3 Å². The quantitative estimate of drug-likeness (QED) is 0.473. The van der Waals surface area contributed by atoms with Gasteiger partial charge >= 0.3 is 0 Å². The Labute approximate surface area is 209 Å². The van der Waals surface area contributed by atoms with Gasteiger partial charge in [-0.1, -0.05) is 50.7 Å². The van der Waals surface area contributed by atoms with Crippen LogP contribution in [0.15, 0.2) is 46.1 Å². The number of benzene rings is 1. The third-order valence-electron chi connectivity index (χ3n) is 9.12. The molecule has 0 amide bonds. The molecule has 3 saturated carbocycles. The van der Waals surface area contributed by atoms with Crippen molar-refractivity contribution in [3.8, 4) is 6.07 Å². The molecule has 2 heterocycles. The summed E-state index contributed by atoms with van der Waals surface area (Å²) in [6.45, 7) is 2.43. The van der Waals surface area contributed by atoms with Crippen LogP contribution in [0.4, 0.5) is 0 Å². The van der Waals surface area contributed by atoms with Crippen LogP contribution in [0, 0.1) is 29.1 Å². The second-order valence-corrected chi connectivity index (χ2v) is 12.3. The second kappa shape index (κ2) is 9.54. The number of hydrogen-bond donors (Lipinski definition) is 1. The lowest BCUT2D eigenvalue weighted by atomic mass is 9.72. The molecule has 0 saturated heterocycles. The predicted octanol–water partition coefficient (Wildman–Crippen LogP) is 8.95. The highest BCUT2D eigenvalue weighted by Gasteiger charge is 2.38. The van der Waals surface area contributed by atoms with E-state index in [2.05, 4.69) is 35.8 Å². The van der Waals surface area contributed by atoms with Crippen molar-refractivity contribution < 1.29 is 0 Å². The maximum absolute atomic E-state index is 9.74. The van der Waals surface area contributed by atoms with Crippen LogP contribution in [0.5, 0.6) is 0 Å². The molecule has 3 fully saturated rings. The molecule has 1 aromatic carbocycles. The standard InChI is InChI=1S/C31H38N2S/c1-20-28(27-19-34-31-24(18-32)13-8-14-25(27)31)26(17-21-15-16-21)30(23-11-6-3-7-12-23)33-29(20)22-9-4-2-5-10-22/h8,13-14,19,21-23,28,33H,2-7,9-12,15-17H2,1H3. The minimum absolute atomic E-state index is 0.387. The first-order valence-corrected chi connectivity index (χ1v) is 14.7. The number of fused-ring (bicyclic) bond motifs is 1. The highest BCUT2D eigenvalue weighted by Crippen LogP contribution is 2.51. The van der Waals surface area contributed by atoms with E-state index in [-0.39, 0.29) is 0 Å². The molecule has 0 bridgehead atoms. The molecule has 0 spiro atoms. The number of hydrogen-bond acceptors (Lipinski definition) is 3. The largest absolute Gasteiger partial charge is 0.362 e. The highest BCUT2D eigenvalue weighted by atomic mass is 32.1. The Morgan fingerprint density at radius 2 is 1.59 bits per heavy atom. The minimum atomic E-state index is 0.387. The number of nitrogens with zero attached hydrogens (tertiary/aromatic N) is 1. The molecule has 1 aliphatic heterocycles. The van der Waals surface area contributed by atoms with Crippen LogP contribution in [0.2, 0.25) is 0 Å². The summed E-state index contributed by atoms with van der Waals surface area (Å²) in [4.78, 5) is 0. The van der Waals surface area contributed by atoms with E-state index in [1.165, 1.54) is 99.1 Å². The van der Waals surface area contributed by atoms with Crippen molar-refractivity contribution in [1.82, 2.24) is 5.32 Å². The maximum atomic E-state index is 9.74. The zero-order chi connectivity index (χ0) is 23.1. The van der Waals surface area contributed by atoms with Crippen LogP contribution in [-0.4, -0.2) is 0 Å². The Hall–Kier alpha value is -2.05. The van der Waals surface area contributed by atoms with Gasteiger partial charge in [-0.2, -0.15) is 5.26 Å². The van der Waals surface area contributed by atoms with Gasteiger partial charge < -0.3 is 5.32 Å².